The molecule has 0 spiro atoms. The molecule has 0 radical (unpaired) electrons. The molecule has 2 amide bonds. The van der Waals surface area contributed by atoms with Crippen LogP contribution >= 0.6 is 0 Å². The monoisotopic (exact) mass is 410 g/mol. The number of H-pyrrole nitrogens is 1. The van der Waals surface area contributed by atoms with Crippen LogP contribution in [0.4, 0.5) is 5.69 Å². The van der Waals surface area contributed by atoms with Crippen LogP contribution in [-0.4, -0.2) is 41.6 Å². The van der Waals surface area contributed by atoms with E-state index in [1.165, 1.54) is 26.4 Å². The minimum atomic E-state index is -0.549. The van der Waals surface area contributed by atoms with Gasteiger partial charge >= 0.3 is 5.97 Å². The Labute approximate surface area is 174 Å². The van der Waals surface area contributed by atoms with Gasteiger partial charge in [0.1, 0.15) is 0 Å². The number of carbonyl (C=O) groups is 3. The second kappa shape index (κ2) is 7.11. The van der Waals surface area contributed by atoms with Gasteiger partial charge in [-0.25, -0.2) is 4.79 Å². The Bertz CT molecular complexity index is 992. The largest absolute Gasteiger partial charge is 0.464 e. The van der Waals surface area contributed by atoms with E-state index in [1.807, 2.05) is 0 Å². The number of hydrogen-bond acceptors (Lipinski definition) is 5. The number of anilines is 1. The van der Waals surface area contributed by atoms with Crippen LogP contribution in [0.5, 0.6) is 0 Å². The molecule has 0 unspecified atom stereocenters. The van der Waals surface area contributed by atoms with Crippen molar-refractivity contribution in [2.45, 2.75) is 38.5 Å². The van der Waals surface area contributed by atoms with Crippen LogP contribution in [0, 0.1) is 23.2 Å². The van der Waals surface area contributed by atoms with E-state index >= 15 is 0 Å². The maximum Gasteiger partial charge on any atom is 0.359 e. The Balaban J connectivity index is 1.22. The van der Waals surface area contributed by atoms with Crippen LogP contribution in [0.25, 0.3) is 10.9 Å². The van der Waals surface area contributed by atoms with Crippen LogP contribution in [0.2, 0.25) is 0 Å². The average Bonchev–Trinajstić information content (AvgIpc) is 3.13. The Morgan fingerprint density at radius 2 is 1.80 bits per heavy atom. The third kappa shape index (κ3) is 3.24. The average molecular weight is 410 g/mol. The molecule has 1 aromatic heterocycles. The van der Waals surface area contributed by atoms with Crippen molar-refractivity contribution in [1.29, 1.82) is 0 Å². The zero-order chi connectivity index (χ0) is 20.9. The van der Waals surface area contributed by atoms with Crippen molar-refractivity contribution < 1.29 is 19.1 Å². The molecule has 4 saturated carbocycles. The van der Waals surface area contributed by atoms with Gasteiger partial charge in [0.05, 0.1) is 19.2 Å². The van der Waals surface area contributed by atoms with E-state index < -0.39 is 5.97 Å². The number of ether oxygens (including phenoxy) is 1. The Kier molecular flexibility index (Phi) is 4.52. The number of nitrogens with zero attached hydrogens (tertiary/aromatic N) is 1. The first kappa shape index (κ1) is 19.1. The zero-order valence-corrected chi connectivity index (χ0v) is 17.0. The first-order chi connectivity index (χ1) is 14.5. The molecule has 3 N–H and O–H groups in total. The van der Waals surface area contributed by atoms with Crippen molar-refractivity contribution in [3.8, 4) is 0 Å². The molecule has 1 heterocycles. The molecule has 1 aromatic carbocycles. The molecule has 8 nitrogen and oxygen atoms in total. The molecule has 8 heteroatoms. The van der Waals surface area contributed by atoms with Crippen LogP contribution < -0.4 is 10.6 Å². The summed E-state index contributed by atoms with van der Waals surface area (Å²) in [5, 5.41) is 13.0. The summed E-state index contributed by atoms with van der Waals surface area (Å²) in [6, 6.07) is 5.13. The summed E-state index contributed by atoms with van der Waals surface area (Å²) in [5.41, 5.74) is 1.10. The number of amides is 2. The number of nitrogens with one attached hydrogen (secondary N) is 3. The smallest absolute Gasteiger partial charge is 0.359 e. The van der Waals surface area contributed by atoms with E-state index in [9.17, 15) is 14.4 Å². The third-order valence-corrected chi connectivity index (χ3v) is 7.15. The Morgan fingerprint density at radius 3 is 2.43 bits per heavy atom. The molecular weight excluding hydrogens is 384 g/mol. The molecule has 0 saturated heterocycles. The predicted molar refractivity (Wildman–Crippen MR) is 110 cm³/mol. The summed E-state index contributed by atoms with van der Waals surface area (Å²) in [5.74, 6) is 1.24. The molecule has 6 rings (SSSR count). The van der Waals surface area contributed by atoms with E-state index in [-0.39, 0.29) is 29.5 Å². The lowest BCUT2D eigenvalue weighted by Crippen LogP contribution is -2.54. The highest BCUT2D eigenvalue weighted by Crippen LogP contribution is 2.60. The minimum absolute atomic E-state index is 0.0371. The van der Waals surface area contributed by atoms with Crippen LogP contribution in [-0.2, 0) is 14.3 Å². The molecular formula is C22H26N4O4. The summed E-state index contributed by atoms with van der Waals surface area (Å²) in [6.45, 7) is -0.0616. The van der Waals surface area contributed by atoms with Gasteiger partial charge in [0.25, 0.3) is 0 Å². The summed E-state index contributed by atoms with van der Waals surface area (Å²) in [6.07, 6.45) is 6.74. The van der Waals surface area contributed by atoms with Gasteiger partial charge in [-0.3, -0.25) is 14.7 Å². The number of esters is 1. The second-order valence-electron chi connectivity index (χ2n) is 9.25. The van der Waals surface area contributed by atoms with Gasteiger partial charge in [0.2, 0.25) is 11.8 Å². The third-order valence-electron chi connectivity index (χ3n) is 7.15. The summed E-state index contributed by atoms with van der Waals surface area (Å²) in [7, 11) is 1.29. The van der Waals surface area contributed by atoms with Gasteiger partial charge in [-0.05, 0) is 74.5 Å². The van der Waals surface area contributed by atoms with Gasteiger partial charge in [-0.2, -0.15) is 5.10 Å². The fourth-order valence-electron chi connectivity index (χ4n) is 6.29. The lowest BCUT2D eigenvalue weighted by molar-refractivity contribution is -0.146. The molecule has 4 bridgehead atoms. The van der Waals surface area contributed by atoms with E-state index in [2.05, 4.69) is 20.8 Å². The zero-order valence-electron chi connectivity index (χ0n) is 17.0. The van der Waals surface area contributed by atoms with Crippen LogP contribution in [0.15, 0.2) is 18.2 Å². The minimum Gasteiger partial charge on any atom is -0.464 e. The lowest BCUT2D eigenvalue weighted by Gasteiger charge is -2.55. The van der Waals surface area contributed by atoms with Gasteiger partial charge in [0.15, 0.2) is 5.69 Å². The van der Waals surface area contributed by atoms with Crippen LogP contribution in [0.1, 0.15) is 49.0 Å². The highest BCUT2D eigenvalue weighted by molar-refractivity contribution is 6.04. The van der Waals surface area contributed by atoms with Crippen molar-refractivity contribution in [1.82, 2.24) is 15.5 Å². The fourth-order valence-corrected chi connectivity index (χ4v) is 6.29. The molecule has 4 aliphatic carbocycles. The maximum absolute atomic E-state index is 13.0. The van der Waals surface area contributed by atoms with Gasteiger partial charge in [-0.1, -0.05) is 0 Å². The number of aromatic nitrogens is 2. The number of benzene rings is 1. The van der Waals surface area contributed by atoms with E-state index in [0.717, 1.165) is 19.3 Å². The Hall–Kier alpha value is -2.90. The topological polar surface area (TPSA) is 113 Å². The van der Waals surface area contributed by atoms with Crippen LogP contribution in [0.3, 0.4) is 0 Å². The van der Waals surface area contributed by atoms with E-state index in [1.54, 1.807) is 18.2 Å². The number of methoxy groups -OCH3 is 1. The number of carbonyl (C=O) groups excluding carboxylic acids is 3. The van der Waals surface area contributed by atoms with Crippen molar-refractivity contribution in [3.05, 3.63) is 23.9 Å². The summed E-state index contributed by atoms with van der Waals surface area (Å²) >= 11 is 0. The van der Waals surface area contributed by atoms with E-state index in [4.69, 9.17) is 4.74 Å². The standard InChI is InChI=1S/C22H26N4O4/c1-30-20(28)19-16-7-15(2-3-17(16)25-26-19)24-18(27)11-23-21(29)22-8-12-4-13(9-22)6-14(5-12)10-22/h2-3,7,12-14H,4-6,8-11H2,1H3,(H,23,29)(H,24,27)(H,25,26). The SMILES string of the molecule is COC(=O)c1n[nH]c2ccc(NC(=O)CNC(=O)C34CC5CC(CC(C5)C3)C4)cc12. The molecule has 0 aliphatic heterocycles. The van der Waals surface area contributed by atoms with Crippen molar-refractivity contribution in [2.24, 2.45) is 23.2 Å². The highest BCUT2D eigenvalue weighted by atomic mass is 16.5. The van der Waals surface area contributed by atoms with Gasteiger partial charge in [0, 0.05) is 16.5 Å². The molecule has 2 aromatic rings. The molecule has 4 aliphatic rings. The lowest BCUT2D eigenvalue weighted by atomic mass is 9.49. The van der Waals surface area contributed by atoms with Gasteiger partial charge < -0.3 is 15.4 Å². The summed E-state index contributed by atoms with van der Waals surface area (Å²) < 4.78 is 4.73. The number of hydrogen-bond donors (Lipinski definition) is 3. The quantitative estimate of drug-likeness (QED) is 0.656. The second-order valence-corrected chi connectivity index (χ2v) is 9.25. The first-order valence-electron chi connectivity index (χ1n) is 10.6. The number of aromatic amines is 1. The first-order valence-corrected chi connectivity index (χ1v) is 10.6. The van der Waals surface area contributed by atoms with E-state index in [0.29, 0.717) is 34.3 Å². The molecule has 30 heavy (non-hydrogen) atoms. The van der Waals surface area contributed by atoms with Gasteiger partial charge in [-0.15, -0.1) is 0 Å². The summed E-state index contributed by atoms with van der Waals surface area (Å²) in [4.78, 5) is 37.3. The van der Waals surface area contributed by atoms with Crippen molar-refractivity contribution in [2.75, 3.05) is 19.0 Å². The highest BCUT2D eigenvalue weighted by Gasteiger charge is 2.54. The number of rotatable bonds is 5. The van der Waals surface area contributed by atoms with Crippen molar-refractivity contribution in [3.63, 3.8) is 0 Å². The van der Waals surface area contributed by atoms with Crippen molar-refractivity contribution >= 4 is 34.4 Å². The normalized spacial score (nSPS) is 29.0. The maximum atomic E-state index is 13.0. The fraction of sp³-hybridized carbons (Fsp3) is 0.545. The Morgan fingerprint density at radius 1 is 1.13 bits per heavy atom. The molecule has 4 fully saturated rings. The predicted octanol–water partition coefficient (Wildman–Crippen LogP) is 2.62. The number of fused-ring (bicyclic) bond motifs is 1. The molecule has 0 atom stereocenters. The molecule has 158 valence electrons.